The molecule has 2 N–H and O–H groups in total. The van der Waals surface area contributed by atoms with E-state index in [2.05, 4.69) is 10.1 Å². The van der Waals surface area contributed by atoms with Crippen LogP contribution in [0.25, 0.3) is 0 Å². The van der Waals surface area contributed by atoms with Crippen molar-refractivity contribution in [1.82, 2.24) is 15.1 Å². The van der Waals surface area contributed by atoms with E-state index in [1.54, 1.807) is 34.6 Å². The van der Waals surface area contributed by atoms with Gasteiger partial charge in [-0.15, -0.1) is 0 Å². The SMILES string of the molecule is COC(=O)N[C@H](C(=O)N1CC2(CC1C(=O)O)CN(C(=O)OC(C)(C)C)C2)C(C)C. The zero-order valence-corrected chi connectivity index (χ0v) is 17.9. The molecule has 3 amide bonds. The Hall–Kier alpha value is -2.52. The molecule has 2 fully saturated rings. The van der Waals surface area contributed by atoms with E-state index in [9.17, 15) is 24.3 Å². The monoisotopic (exact) mass is 413 g/mol. The number of carboxylic acids is 1. The lowest BCUT2D eigenvalue weighted by Crippen LogP contribution is -2.61. The first-order chi connectivity index (χ1) is 13.3. The third-order valence-corrected chi connectivity index (χ3v) is 5.17. The van der Waals surface area contributed by atoms with Crippen LogP contribution in [0, 0.1) is 11.3 Å². The molecule has 0 aromatic heterocycles. The summed E-state index contributed by atoms with van der Waals surface area (Å²) in [6.45, 7) is 9.69. The van der Waals surface area contributed by atoms with Gasteiger partial charge in [-0.1, -0.05) is 13.8 Å². The molecule has 0 aromatic rings. The van der Waals surface area contributed by atoms with Gasteiger partial charge in [0.2, 0.25) is 5.91 Å². The Balaban J connectivity index is 2.11. The van der Waals surface area contributed by atoms with Gasteiger partial charge >= 0.3 is 18.2 Å². The Morgan fingerprint density at radius 3 is 2.17 bits per heavy atom. The molecule has 0 aromatic carbocycles. The largest absolute Gasteiger partial charge is 0.480 e. The smallest absolute Gasteiger partial charge is 0.410 e. The number of nitrogens with one attached hydrogen (secondary N) is 1. The number of aliphatic carboxylic acids is 1. The molecule has 1 unspecified atom stereocenters. The van der Waals surface area contributed by atoms with Crippen LogP contribution in [0.5, 0.6) is 0 Å². The molecule has 0 aliphatic carbocycles. The first-order valence-electron chi connectivity index (χ1n) is 9.64. The summed E-state index contributed by atoms with van der Waals surface area (Å²) >= 11 is 0. The first-order valence-corrected chi connectivity index (χ1v) is 9.64. The molecule has 10 heteroatoms. The normalized spacial score (nSPS) is 21.6. The van der Waals surface area contributed by atoms with E-state index in [4.69, 9.17) is 4.74 Å². The van der Waals surface area contributed by atoms with Crippen LogP contribution < -0.4 is 5.32 Å². The average molecular weight is 413 g/mol. The molecule has 2 atom stereocenters. The summed E-state index contributed by atoms with van der Waals surface area (Å²) in [6.07, 6.45) is -0.957. The summed E-state index contributed by atoms with van der Waals surface area (Å²) in [5.74, 6) is -1.83. The van der Waals surface area contributed by atoms with Gasteiger partial charge in [0.1, 0.15) is 17.7 Å². The van der Waals surface area contributed by atoms with Gasteiger partial charge in [-0.3, -0.25) is 4.79 Å². The molecule has 2 heterocycles. The van der Waals surface area contributed by atoms with E-state index in [0.717, 1.165) is 0 Å². The maximum absolute atomic E-state index is 13.1. The molecule has 10 nitrogen and oxygen atoms in total. The standard InChI is InChI=1S/C19H31N3O7/c1-11(2)13(20-16(26)28-6)14(23)22-10-19(7-12(22)15(24)25)8-21(9-19)17(27)29-18(3,4)5/h11-13H,7-10H2,1-6H3,(H,20,26)(H,24,25)/t12?,13-/m0/s1. The van der Waals surface area contributed by atoms with Crippen molar-refractivity contribution in [3.8, 4) is 0 Å². The molecule has 2 rings (SSSR count). The first kappa shape index (κ1) is 22.8. The number of hydrogen-bond donors (Lipinski definition) is 2. The van der Waals surface area contributed by atoms with Crippen molar-refractivity contribution in [3.63, 3.8) is 0 Å². The molecule has 2 aliphatic heterocycles. The summed E-state index contributed by atoms with van der Waals surface area (Å²) in [6, 6.07) is -1.91. The predicted molar refractivity (Wildman–Crippen MR) is 102 cm³/mol. The highest BCUT2D eigenvalue weighted by molar-refractivity contribution is 5.90. The average Bonchev–Trinajstić information content (AvgIpc) is 2.97. The fraction of sp³-hybridized carbons (Fsp3) is 0.789. The Labute approximate surface area is 170 Å². The van der Waals surface area contributed by atoms with Crippen molar-refractivity contribution in [2.45, 2.75) is 58.7 Å². The number of rotatable bonds is 4. The minimum atomic E-state index is -1.11. The van der Waals surface area contributed by atoms with Gasteiger partial charge in [0.15, 0.2) is 0 Å². The van der Waals surface area contributed by atoms with Crippen LogP contribution >= 0.6 is 0 Å². The Morgan fingerprint density at radius 1 is 1.14 bits per heavy atom. The van der Waals surface area contributed by atoms with Crippen LogP contribution in [0.3, 0.4) is 0 Å². The topological polar surface area (TPSA) is 125 Å². The quantitative estimate of drug-likeness (QED) is 0.711. The minimum absolute atomic E-state index is 0.203. The molecule has 29 heavy (non-hydrogen) atoms. The van der Waals surface area contributed by atoms with E-state index in [1.165, 1.54) is 16.9 Å². The number of hydrogen-bond acceptors (Lipinski definition) is 6. The maximum Gasteiger partial charge on any atom is 0.410 e. The third kappa shape index (κ3) is 5.10. The highest BCUT2D eigenvalue weighted by Crippen LogP contribution is 2.43. The van der Waals surface area contributed by atoms with Crippen molar-refractivity contribution in [3.05, 3.63) is 0 Å². The second kappa shape index (κ2) is 8.08. The molecular weight excluding hydrogens is 382 g/mol. The van der Waals surface area contributed by atoms with Crippen molar-refractivity contribution in [2.24, 2.45) is 11.3 Å². The van der Waals surface area contributed by atoms with E-state index < -0.39 is 47.2 Å². The molecular formula is C19H31N3O7. The number of ether oxygens (including phenoxy) is 2. The van der Waals surface area contributed by atoms with Crippen molar-refractivity contribution in [1.29, 1.82) is 0 Å². The van der Waals surface area contributed by atoms with Crippen molar-refractivity contribution < 1.29 is 33.8 Å². The van der Waals surface area contributed by atoms with Crippen LogP contribution in [0.4, 0.5) is 9.59 Å². The predicted octanol–water partition coefficient (Wildman–Crippen LogP) is 1.29. The fourth-order valence-electron chi connectivity index (χ4n) is 3.83. The van der Waals surface area contributed by atoms with Gasteiger partial charge in [0, 0.05) is 25.0 Å². The van der Waals surface area contributed by atoms with E-state index in [-0.39, 0.29) is 18.9 Å². The van der Waals surface area contributed by atoms with Crippen molar-refractivity contribution in [2.75, 3.05) is 26.7 Å². The lowest BCUT2D eigenvalue weighted by atomic mass is 9.78. The van der Waals surface area contributed by atoms with Gasteiger partial charge in [-0.25, -0.2) is 14.4 Å². The number of likely N-dealkylation sites (tertiary alicyclic amines) is 2. The Morgan fingerprint density at radius 2 is 1.72 bits per heavy atom. The third-order valence-electron chi connectivity index (χ3n) is 5.17. The number of carbonyl (C=O) groups is 4. The Kier molecular flexibility index (Phi) is 6.34. The van der Waals surface area contributed by atoms with E-state index >= 15 is 0 Å². The van der Waals surface area contributed by atoms with Crippen LogP contribution in [-0.4, -0.2) is 83.4 Å². The highest BCUT2D eigenvalue weighted by Gasteiger charge is 2.57. The number of alkyl carbamates (subject to hydrolysis) is 1. The van der Waals surface area contributed by atoms with Gasteiger partial charge in [-0.05, 0) is 33.1 Å². The zero-order chi connectivity index (χ0) is 22.1. The van der Waals surface area contributed by atoms with E-state index in [1.807, 2.05) is 0 Å². The van der Waals surface area contributed by atoms with E-state index in [0.29, 0.717) is 13.1 Å². The summed E-state index contributed by atoms with van der Waals surface area (Å²) in [5.41, 5.74) is -1.10. The second-order valence-electron chi connectivity index (χ2n) is 9.22. The summed E-state index contributed by atoms with van der Waals surface area (Å²) in [7, 11) is 1.20. The van der Waals surface area contributed by atoms with Crippen LogP contribution in [-0.2, 0) is 19.1 Å². The van der Waals surface area contributed by atoms with Crippen molar-refractivity contribution >= 4 is 24.1 Å². The van der Waals surface area contributed by atoms with Gasteiger partial charge in [-0.2, -0.15) is 0 Å². The fourth-order valence-corrected chi connectivity index (χ4v) is 3.83. The number of amides is 3. The van der Waals surface area contributed by atoms with Crippen LogP contribution in [0.15, 0.2) is 0 Å². The molecule has 1 spiro atoms. The molecule has 0 saturated carbocycles. The second-order valence-corrected chi connectivity index (χ2v) is 9.22. The van der Waals surface area contributed by atoms with Crippen LogP contribution in [0.2, 0.25) is 0 Å². The maximum atomic E-state index is 13.1. The molecule has 0 radical (unpaired) electrons. The molecule has 2 saturated heterocycles. The molecule has 164 valence electrons. The summed E-state index contributed by atoms with van der Waals surface area (Å²) in [4.78, 5) is 51.5. The lowest BCUT2D eigenvalue weighted by molar-refractivity contribution is -0.149. The minimum Gasteiger partial charge on any atom is -0.480 e. The van der Waals surface area contributed by atoms with Gasteiger partial charge < -0.3 is 29.7 Å². The number of nitrogens with zero attached hydrogens (tertiary/aromatic N) is 2. The summed E-state index contributed by atoms with van der Waals surface area (Å²) < 4.78 is 9.92. The molecule has 2 aliphatic rings. The Bertz CT molecular complexity index is 680. The molecule has 0 bridgehead atoms. The van der Waals surface area contributed by atoms with Crippen LogP contribution in [0.1, 0.15) is 41.0 Å². The highest BCUT2D eigenvalue weighted by atomic mass is 16.6. The lowest BCUT2D eigenvalue weighted by Gasteiger charge is -2.47. The zero-order valence-electron chi connectivity index (χ0n) is 17.9. The van der Waals surface area contributed by atoms with Gasteiger partial charge in [0.05, 0.1) is 7.11 Å². The number of methoxy groups -OCH3 is 1. The van der Waals surface area contributed by atoms with Gasteiger partial charge in [0.25, 0.3) is 0 Å². The summed E-state index contributed by atoms with van der Waals surface area (Å²) in [5, 5.41) is 12.1. The number of carbonyl (C=O) groups excluding carboxylic acids is 3. The number of carboxylic acid groups (broad SMARTS) is 1.